The maximum absolute atomic E-state index is 11.8. The summed E-state index contributed by atoms with van der Waals surface area (Å²) in [4.78, 5) is 0. The first-order chi connectivity index (χ1) is 9.11. The highest BCUT2D eigenvalue weighted by molar-refractivity contribution is 7.92. The molecule has 1 aromatic carbocycles. The van der Waals surface area contributed by atoms with Gasteiger partial charge in [0.2, 0.25) is 20.0 Å². The van der Waals surface area contributed by atoms with Crippen molar-refractivity contribution in [2.75, 3.05) is 16.4 Å². The summed E-state index contributed by atoms with van der Waals surface area (Å²) in [6.45, 7) is 1.74. The predicted octanol–water partition coefficient (Wildman–Crippen LogP) is 1.09. The second kappa shape index (κ2) is 6.75. The van der Waals surface area contributed by atoms with Gasteiger partial charge in [-0.15, -0.1) is 11.6 Å². The Hall–Kier alpha value is -0.830. The van der Waals surface area contributed by atoms with Gasteiger partial charge >= 0.3 is 0 Å². The number of nitrogens with two attached hydrogens (primary N) is 1. The normalized spacial score (nSPS) is 13.9. The van der Waals surface area contributed by atoms with Gasteiger partial charge in [0, 0.05) is 11.6 Å². The van der Waals surface area contributed by atoms with E-state index >= 15 is 0 Å². The molecular formula is C11H17ClN2O4S2. The van der Waals surface area contributed by atoms with Crippen LogP contribution in [0.15, 0.2) is 24.3 Å². The molecule has 3 N–H and O–H groups in total. The van der Waals surface area contributed by atoms with E-state index in [2.05, 4.69) is 4.72 Å². The number of anilines is 1. The molecule has 0 saturated carbocycles. The summed E-state index contributed by atoms with van der Waals surface area (Å²) in [6, 6.07) is 5.99. The summed E-state index contributed by atoms with van der Waals surface area (Å²) < 4.78 is 47.8. The van der Waals surface area contributed by atoms with Crippen molar-refractivity contribution in [1.29, 1.82) is 0 Å². The Morgan fingerprint density at radius 2 is 1.75 bits per heavy atom. The Morgan fingerprint density at radius 1 is 1.20 bits per heavy atom. The summed E-state index contributed by atoms with van der Waals surface area (Å²) in [5.74, 6) is -0.261. The number of sulfonamides is 2. The molecule has 0 radical (unpaired) electrons. The van der Waals surface area contributed by atoms with E-state index in [9.17, 15) is 16.8 Å². The fourth-order valence-corrected chi connectivity index (χ4v) is 3.88. The van der Waals surface area contributed by atoms with Crippen LogP contribution in [0, 0.1) is 5.92 Å². The van der Waals surface area contributed by atoms with Gasteiger partial charge in [-0.2, -0.15) is 0 Å². The zero-order chi connectivity index (χ0) is 15.4. The monoisotopic (exact) mass is 340 g/mol. The lowest BCUT2D eigenvalue weighted by Crippen LogP contribution is -2.22. The van der Waals surface area contributed by atoms with E-state index in [4.69, 9.17) is 16.7 Å². The van der Waals surface area contributed by atoms with Gasteiger partial charge in [0.1, 0.15) is 0 Å². The van der Waals surface area contributed by atoms with Crippen molar-refractivity contribution in [3.63, 3.8) is 0 Å². The van der Waals surface area contributed by atoms with E-state index in [0.717, 1.165) is 0 Å². The van der Waals surface area contributed by atoms with E-state index in [1.54, 1.807) is 6.92 Å². The highest BCUT2D eigenvalue weighted by atomic mass is 35.5. The molecule has 20 heavy (non-hydrogen) atoms. The first kappa shape index (κ1) is 17.2. The highest BCUT2D eigenvalue weighted by Crippen LogP contribution is 2.14. The highest BCUT2D eigenvalue weighted by Gasteiger charge is 2.15. The van der Waals surface area contributed by atoms with Crippen molar-refractivity contribution in [1.82, 2.24) is 0 Å². The first-order valence-electron chi connectivity index (χ1n) is 5.77. The average molecular weight is 341 g/mol. The molecule has 0 aliphatic heterocycles. The lowest BCUT2D eigenvalue weighted by Gasteiger charge is -2.11. The fourth-order valence-electron chi connectivity index (χ4n) is 1.54. The van der Waals surface area contributed by atoms with Crippen molar-refractivity contribution in [2.45, 2.75) is 12.7 Å². The standard InChI is InChI=1S/C11H17ClN2O4S2/c1-9(6-12)7-20(17,18)14-11-4-2-10(3-5-11)8-19(13,15)16/h2-5,9,14H,6-8H2,1H3,(H2,13,15,16). The third-order valence-corrected chi connectivity index (χ3v) is 5.18. The van der Waals surface area contributed by atoms with E-state index in [0.29, 0.717) is 11.3 Å². The van der Waals surface area contributed by atoms with Crippen molar-refractivity contribution in [3.8, 4) is 0 Å². The number of primary sulfonamides is 1. The van der Waals surface area contributed by atoms with Gasteiger partial charge in [-0.3, -0.25) is 4.72 Å². The predicted molar refractivity (Wildman–Crippen MR) is 80.5 cm³/mol. The molecule has 0 heterocycles. The van der Waals surface area contributed by atoms with Crippen LogP contribution in [0.5, 0.6) is 0 Å². The van der Waals surface area contributed by atoms with Crippen LogP contribution in [0.4, 0.5) is 5.69 Å². The number of hydrogen-bond acceptors (Lipinski definition) is 4. The SMILES string of the molecule is CC(CCl)CS(=O)(=O)Nc1ccc(CS(N)(=O)=O)cc1. The van der Waals surface area contributed by atoms with E-state index in [-0.39, 0.29) is 23.3 Å². The second-order valence-electron chi connectivity index (χ2n) is 4.65. The van der Waals surface area contributed by atoms with Crippen molar-refractivity contribution < 1.29 is 16.8 Å². The van der Waals surface area contributed by atoms with Crippen LogP contribution in [0.25, 0.3) is 0 Å². The minimum absolute atomic E-state index is 0.0740. The molecule has 0 aliphatic carbocycles. The Labute approximate surface area is 124 Å². The molecule has 0 amide bonds. The van der Waals surface area contributed by atoms with Crippen LogP contribution in [0.2, 0.25) is 0 Å². The van der Waals surface area contributed by atoms with E-state index < -0.39 is 20.0 Å². The zero-order valence-corrected chi connectivity index (χ0v) is 13.3. The van der Waals surface area contributed by atoms with Crippen LogP contribution in [-0.4, -0.2) is 28.5 Å². The molecule has 9 heteroatoms. The molecule has 1 unspecified atom stereocenters. The van der Waals surface area contributed by atoms with Gasteiger partial charge in [0.15, 0.2) is 0 Å². The van der Waals surface area contributed by atoms with Crippen molar-refractivity contribution in [3.05, 3.63) is 29.8 Å². The largest absolute Gasteiger partial charge is 0.284 e. The number of nitrogens with one attached hydrogen (secondary N) is 1. The topological polar surface area (TPSA) is 106 Å². The molecule has 1 aromatic rings. The smallest absolute Gasteiger partial charge is 0.233 e. The van der Waals surface area contributed by atoms with Gasteiger partial charge in [-0.25, -0.2) is 22.0 Å². The summed E-state index contributed by atoms with van der Waals surface area (Å²) in [6.07, 6.45) is 0. The molecule has 0 saturated heterocycles. The third-order valence-electron chi connectivity index (χ3n) is 2.36. The molecule has 0 bridgehead atoms. The Balaban J connectivity index is 2.75. The number of rotatable bonds is 7. The zero-order valence-electron chi connectivity index (χ0n) is 10.9. The quantitative estimate of drug-likeness (QED) is 0.724. The van der Waals surface area contributed by atoms with E-state index in [1.165, 1.54) is 24.3 Å². The molecule has 114 valence electrons. The van der Waals surface area contributed by atoms with Crippen LogP contribution in [0.3, 0.4) is 0 Å². The van der Waals surface area contributed by atoms with Crippen LogP contribution >= 0.6 is 11.6 Å². The number of benzene rings is 1. The Bertz CT molecular complexity index is 642. The lowest BCUT2D eigenvalue weighted by molar-refractivity contribution is 0.588. The second-order valence-corrected chi connectivity index (χ2v) is 8.34. The van der Waals surface area contributed by atoms with Crippen molar-refractivity contribution in [2.24, 2.45) is 11.1 Å². The van der Waals surface area contributed by atoms with Gasteiger partial charge in [-0.1, -0.05) is 19.1 Å². The summed E-state index contributed by atoms with van der Waals surface area (Å²) in [7, 11) is -7.07. The summed E-state index contributed by atoms with van der Waals surface area (Å²) in [5, 5.41) is 4.93. The molecule has 0 aliphatic rings. The number of alkyl halides is 1. The molecule has 1 atom stereocenters. The molecule has 6 nitrogen and oxygen atoms in total. The van der Waals surface area contributed by atoms with Gasteiger partial charge in [0.25, 0.3) is 0 Å². The molecule has 0 spiro atoms. The lowest BCUT2D eigenvalue weighted by atomic mass is 10.2. The summed E-state index contributed by atoms with van der Waals surface area (Å²) >= 11 is 5.58. The van der Waals surface area contributed by atoms with Crippen LogP contribution in [-0.2, 0) is 25.8 Å². The molecule has 0 aromatic heterocycles. The maximum Gasteiger partial charge on any atom is 0.233 e. The first-order valence-corrected chi connectivity index (χ1v) is 9.67. The number of hydrogen-bond donors (Lipinski definition) is 2. The van der Waals surface area contributed by atoms with Crippen LogP contribution < -0.4 is 9.86 Å². The molecule has 1 rings (SSSR count). The third kappa shape index (κ3) is 6.56. The molecule has 0 fully saturated rings. The van der Waals surface area contributed by atoms with Crippen molar-refractivity contribution >= 4 is 37.3 Å². The number of halogens is 1. The minimum Gasteiger partial charge on any atom is -0.284 e. The Kier molecular flexibility index (Phi) is 5.81. The van der Waals surface area contributed by atoms with Gasteiger partial charge in [-0.05, 0) is 23.6 Å². The van der Waals surface area contributed by atoms with Gasteiger partial charge < -0.3 is 0 Å². The van der Waals surface area contributed by atoms with Crippen LogP contribution in [0.1, 0.15) is 12.5 Å². The Morgan fingerprint density at radius 3 is 2.20 bits per heavy atom. The van der Waals surface area contributed by atoms with Gasteiger partial charge in [0.05, 0.1) is 11.5 Å². The maximum atomic E-state index is 11.8. The minimum atomic E-state index is -3.60. The average Bonchev–Trinajstić information content (AvgIpc) is 2.28. The molecular weight excluding hydrogens is 324 g/mol. The van der Waals surface area contributed by atoms with E-state index in [1.807, 2.05) is 0 Å². The fraction of sp³-hybridized carbons (Fsp3) is 0.455. The summed E-state index contributed by atoms with van der Waals surface area (Å²) in [5.41, 5.74) is 0.856.